The summed E-state index contributed by atoms with van der Waals surface area (Å²) in [6, 6.07) is 66.2. The predicted octanol–water partition coefficient (Wildman–Crippen LogP) is 12.2. The van der Waals surface area contributed by atoms with Crippen LogP contribution >= 0.6 is 0 Å². The van der Waals surface area contributed by atoms with Crippen LogP contribution in [0, 0.1) is 0 Å². The second-order valence-corrected chi connectivity index (χ2v) is 14.0. The molecular formula is C50H31N3O. The summed E-state index contributed by atoms with van der Waals surface area (Å²) in [4.78, 5) is 15.2. The molecule has 2 aliphatic rings. The van der Waals surface area contributed by atoms with Gasteiger partial charge in [0.1, 0.15) is 11.5 Å². The van der Waals surface area contributed by atoms with Gasteiger partial charge in [-0.2, -0.15) is 0 Å². The third-order valence-corrected chi connectivity index (χ3v) is 11.0. The van der Waals surface area contributed by atoms with Crippen molar-refractivity contribution in [1.29, 1.82) is 0 Å². The van der Waals surface area contributed by atoms with Gasteiger partial charge in [-0.15, -0.1) is 0 Å². The second-order valence-electron chi connectivity index (χ2n) is 14.0. The van der Waals surface area contributed by atoms with Crippen LogP contribution in [0.25, 0.3) is 67.2 Å². The number of benzene rings is 8. The molecule has 4 heteroatoms. The molecule has 0 amide bonds. The van der Waals surface area contributed by atoms with E-state index >= 15 is 0 Å². The molecule has 252 valence electrons. The molecule has 8 aromatic carbocycles. The van der Waals surface area contributed by atoms with Crippen molar-refractivity contribution >= 4 is 10.8 Å². The monoisotopic (exact) mass is 689 g/mol. The average Bonchev–Trinajstić information content (AvgIpc) is 3.53. The van der Waals surface area contributed by atoms with Gasteiger partial charge in [0, 0.05) is 27.8 Å². The first-order chi connectivity index (χ1) is 26.7. The molecule has 0 bridgehead atoms. The van der Waals surface area contributed by atoms with Gasteiger partial charge in [0.25, 0.3) is 0 Å². The van der Waals surface area contributed by atoms with E-state index in [1.54, 1.807) is 0 Å². The first-order valence-corrected chi connectivity index (χ1v) is 18.3. The third kappa shape index (κ3) is 4.60. The zero-order valence-corrected chi connectivity index (χ0v) is 29.1. The standard InChI is InChI=1S/C50H31N3O/c1-3-14-33(15-4-1)47-51-48(34-16-5-2-6-17-34)53-49(52-47)38-26-28-42-40(31-38)39-30-37(36-24-23-32-13-7-8-18-35(32)29-36)25-27-41(39)50(42)43-19-9-11-21-45(43)54-46-22-12-10-20-44(46)50/h1-31H. The van der Waals surface area contributed by atoms with Crippen molar-refractivity contribution in [2.24, 2.45) is 0 Å². The van der Waals surface area contributed by atoms with E-state index in [4.69, 9.17) is 19.7 Å². The maximum Gasteiger partial charge on any atom is 0.164 e. The highest BCUT2D eigenvalue weighted by molar-refractivity contribution is 5.94. The highest BCUT2D eigenvalue weighted by Gasteiger charge is 2.51. The summed E-state index contributed by atoms with van der Waals surface area (Å²) in [6.07, 6.45) is 0. The van der Waals surface area contributed by atoms with Crippen LogP contribution in [0.2, 0.25) is 0 Å². The summed E-state index contributed by atoms with van der Waals surface area (Å²) in [7, 11) is 0. The molecule has 54 heavy (non-hydrogen) atoms. The average molecular weight is 690 g/mol. The Hall–Kier alpha value is -7.17. The second kappa shape index (κ2) is 11.9. The maximum absolute atomic E-state index is 6.60. The van der Waals surface area contributed by atoms with Crippen molar-refractivity contribution in [1.82, 2.24) is 15.0 Å². The minimum atomic E-state index is -0.583. The molecule has 0 saturated carbocycles. The van der Waals surface area contributed by atoms with Gasteiger partial charge in [-0.25, -0.2) is 15.0 Å². The van der Waals surface area contributed by atoms with Gasteiger partial charge in [-0.1, -0.05) is 158 Å². The molecule has 4 nitrogen and oxygen atoms in total. The van der Waals surface area contributed by atoms with Crippen LogP contribution in [0.3, 0.4) is 0 Å². The zero-order chi connectivity index (χ0) is 35.6. The Morgan fingerprint density at radius 1 is 0.315 bits per heavy atom. The summed E-state index contributed by atoms with van der Waals surface area (Å²) in [5.41, 5.74) is 11.6. The minimum Gasteiger partial charge on any atom is -0.457 e. The lowest BCUT2D eigenvalue weighted by atomic mass is 9.66. The molecule has 9 aromatic rings. The van der Waals surface area contributed by atoms with Gasteiger partial charge in [0.2, 0.25) is 0 Å². The molecule has 11 rings (SSSR count). The van der Waals surface area contributed by atoms with Crippen LogP contribution < -0.4 is 4.74 Å². The maximum atomic E-state index is 6.60. The molecule has 1 aromatic heterocycles. The lowest BCUT2D eigenvalue weighted by Gasteiger charge is -2.39. The number of aromatic nitrogens is 3. The quantitative estimate of drug-likeness (QED) is 0.185. The fourth-order valence-corrected chi connectivity index (χ4v) is 8.53. The summed E-state index contributed by atoms with van der Waals surface area (Å²) in [5.74, 6) is 3.65. The molecule has 0 saturated heterocycles. The van der Waals surface area contributed by atoms with Crippen LogP contribution in [0.4, 0.5) is 0 Å². The van der Waals surface area contributed by atoms with Crippen LogP contribution in [-0.4, -0.2) is 15.0 Å². The van der Waals surface area contributed by atoms with E-state index in [0.717, 1.165) is 44.9 Å². The highest BCUT2D eigenvalue weighted by atomic mass is 16.5. The highest BCUT2D eigenvalue weighted by Crippen LogP contribution is 2.62. The summed E-state index contributed by atoms with van der Waals surface area (Å²) in [6.45, 7) is 0. The fourth-order valence-electron chi connectivity index (χ4n) is 8.53. The number of hydrogen-bond donors (Lipinski definition) is 0. The van der Waals surface area contributed by atoms with E-state index < -0.39 is 5.41 Å². The van der Waals surface area contributed by atoms with Crippen molar-refractivity contribution in [3.05, 3.63) is 210 Å². The zero-order valence-electron chi connectivity index (χ0n) is 29.1. The molecule has 2 heterocycles. The molecular weight excluding hydrogens is 659 g/mol. The normalized spacial score (nSPS) is 13.1. The van der Waals surface area contributed by atoms with Crippen molar-refractivity contribution < 1.29 is 4.74 Å². The number of ether oxygens (including phenoxy) is 1. The van der Waals surface area contributed by atoms with Crippen molar-refractivity contribution in [2.45, 2.75) is 5.41 Å². The van der Waals surface area contributed by atoms with Crippen LogP contribution in [0.5, 0.6) is 11.5 Å². The first kappa shape index (κ1) is 30.5. The van der Waals surface area contributed by atoms with E-state index in [-0.39, 0.29) is 0 Å². The fraction of sp³-hybridized carbons (Fsp3) is 0.0200. The number of nitrogens with zero attached hydrogens (tertiary/aromatic N) is 3. The Morgan fingerprint density at radius 2 is 0.759 bits per heavy atom. The molecule has 0 fully saturated rings. The van der Waals surface area contributed by atoms with Crippen LogP contribution in [0.15, 0.2) is 188 Å². The molecule has 1 spiro atoms. The Kier molecular flexibility index (Phi) is 6.73. The molecule has 0 atom stereocenters. The molecule has 0 unspecified atom stereocenters. The van der Waals surface area contributed by atoms with E-state index in [0.29, 0.717) is 17.5 Å². The van der Waals surface area contributed by atoms with Crippen LogP contribution in [0.1, 0.15) is 22.3 Å². The van der Waals surface area contributed by atoms with Crippen LogP contribution in [-0.2, 0) is 5.41 Å². The largest absolute Gasteiger partial charge is 0.457 e. The lowest BCUT2D eigenvalue weighted by molar-refractivity contribution is 0.436. The topological polar surface area (TPSA) is 47.9 Å². The molecule has 0 radical (unpaired) electrons. The van der Waals surface area contributed by atoms with Gasteiger partial charge >= 0.3 is 0 Å². The SMILES string of the molecule is c1ccc(-c2nc(-c3ccccc3)nc(-c3ccc4c(c3)-c3cc(-c5ccc6ccccc6c5)ccc3C43c4ccccc4Oc4ccccc43)n2)cc1. The van der Waals surface area contributed by atoms with Gasteiger partial charge in [0.05, 0.1) is 5.41 Å². The minimum absolute atomic E-state index is 0.583. The van der Waals surface area contributed by atoms with E-state index in [9.17, 15) is 0 Å². The van der Waals surface area contributed by atoms with E-state index in [2.05, 4.69) is 127 Å². The van der Waals surface area contributed by atoms with E-state index in [1.807, 2.05) is 60.7 Å². The van der Waals surface area contributed by atoms with Crippen molar-refractivity contribution in [3.63, 3.8) is 0 Å². The van der Waals surface area contributed by atoms with Gasteiger partial charge in [0.15, 0.2) is 17.5 Å². The number of rotatable bonds is 4. The smallest absolute Gasteiger partial charge is 0.164 e. The Balaban J connectivity index is 1.18. The molecule has 0 N–H and O–H groups in total. The number of hydrogen-bond acceptors (Lipinski definition) is 4. The Bertz CT molecular complexity index is 2820. The van der Waals surface area contributed by atoms with Crippen molar-refractivity contribution in [3.8, 4) is 67.9 Å². The summed E-state index contributed by atoms with van der Waals surface area (Å²) >= 11 is 0. The van der Waals surface area contributed by atoms with E-state index in [1.165, 1.54) is 38.6 Å². The summed E-state index contributed by atoms with van der Waals surface area (Å²) < 4.78 is 6.60. The molecule has 1 aliphatic heterocycles. The third-order valence-electron chi connectivity index (χ3n) is 11.0. The predicted molar refractivity (Wildman–Crippen MR) is 216 cm³/mol. The van der Waals surface area contributed by atoms with Gasteiger partial charge in [-0.3, -0.25) is 0 Å². The Morgan fingerprint density at radius 3 is 1.37 bits per heavy atom. The Labute approximate surface area is 313 Å². The lowest BCUT2D eigenvalue weighted by Crippen LogP contribution is -2.32. The number of fused-ring (bicyclic) bond motifs is 10. The van der Waals surface area contributed by atoms with Crippen molar-refractivity contribution in [2.75, 3.05) is 0 Å². The first-order valence-electron chi connectivity index (χ1n) is 18.3. The summed E-state index contributed by atoms with van der Waals surface area (Å²) in [5, 5.41) is 2.45. The molecule has 1 aliphatic carbocycles. The van der Waals surface area contributed by atoms with Gasteiger partial charge in [-0.05, 0) is 74.5 Å². The van der Waals surface area contributed by atoms with Gasteiger partial charge < -0.3 is 4.74 Å². The number of para-hydroxylation sites is 2.